The Bertz CT molecular complexity index is 585. The van der Waals surface area contributed by atoms with E-state index >= 15 is 0 Å². The van der Waals surface area contributed by atoms with Crippen LogP contribution in [0.3, 0.4) is 0 Å². The van der Waals surface area contributed by atoms with Crippen LogP contribution in [0.4, 0.5) is 13.2 Å². The number of rotatable bonds is 3. The van der Waals surface area contributed by atoms with Crippen molar-refractivity contribution < 1.29 is 18.0 Å². The van der Waals surface area contributed by atoms with Gasteiger partial charge in [0.25, 0.3) is 0 Å². The summed E-state index contributed by atoms with van der Waals surface area (Å²) in [5, 5.41) is 3.64. The summed E-state index contributed by atoms with van der Waals surface area (Å²) in [5.74, 6) is 0. The molecule has 0 aliphatic heterocycles. The van der Waals surface area contributed by atoms with Crippen LogP contribution >= 0.6 is 0 Å². The van der Waals surface area contributed by atoms with Gasteiger partial charge in [-0.2, -0.15) is 18.3 Å². The molecule has 6 heteroatoms. The van der Waals surface area contributed by atoms with Crippen LogP contribution in [-0.2, 0) is 12.6 Å². The van der Waals surface area contributed by atoms with Gasteiger partial charge in [-0.15, -0.1) is 0 Å². The fourth-order valence-electron chi connectivity index (χ4n) is 1.80. The highest BCUT2D eigenvalue weighted by Crippen LogP contribution is 2.32. The molecule has 0 unspecified atom stereocenters. The predicted octanol–water partition coefficient (Wildman–Crippen LogP) is 3.27. The molecule has 0 radical (unpaired) electrons. The number of aromatic nitrogens is 2. The second-order valence-corrected chi connectivity index (χ2v) is 4.00. The van der Waals surface area contributed by atoms with E-state index in [4.69, 9.17) is 0 Å². The Balaban J connectivity index is 2.55. The van der Waals surface area contributed by atoms with Gasteiger partial charge in [0, 0.05) is 0 Å². The van der Waals surface area contributed by atoms with Crippen molar-refractivity contribution in [3.8, 4) is 5.69 Å². The minimum atomic E-state index is -4.63. The maximum Gasteiger partial charge on any atom is 0.434 e. The number of nitrogens with zero attached hydrogens (tertiary/aromatic N) is 2. The highest BCUT2D eigenvalue weighted by atomic mass is 19.4. The standard InChI is InChI=1S/C13H11F3N2O/c1-2-9-3-5-11(6-4-9)18-12(13(14,15)16)10(8-19)7-17-18/h3-8H,2H2,1H3. The minimum Gasteiger partial charge on any atom is -0.298 e. The quantitative estimate of drug-likeness (QED) is 0.801. The smallest absolute Gasteiger partial charge is 0.298 e. The molecule has 3 nitrogen and oxygen atoms in total. The van der Waals surface area contributed by atoms with Gasteiger partial charge in [-0.3, -0.25) is 4.79 Å². The Morgan fingerprint density at radius 1 is 1.26 bits per heavy atom. The van der Waals surface area contributed by atoms with Crippen LogP contribution in [0, 0.1) is 0 Å². The van der Waals surface area contributed by atoms with E-state index in [0.717, 1.165) is 22.9 Å². The summed E-state index contributed by atoms with van der Waals surface area (Å²) in [4.78, 5) is 10.7. The molecule has 0 bridgehead atoms. The molecule has 0 atom stereocenters. The van der Waals surface area contributed by atoms with Crippen LogP contribution in [0.5, 0.6) is 0 Å². The second-order valence-electron chi connectivity index (χ2n) is 4.00. The van der Waals surface area contributed by atoms with E-state index < -0.39 is 17.4 Å². The number of aldehydes is 1. The molecule has 1 aromatic heterocycles. The SMILES string of the molecule is CCc1ccc(-n2ncc(C=O)c2C(F)(F)F)cc1. The zero-order valence-corrected chi connectivity index (χ0v) is 10.1. The molecule has 0 aliphatic carbocycles. The third-order valence-electron chi connectivity index (χ3n) is 2.78. The Kier molecular flexibility index (Phi) is 3.42. The van der Waals surface area contributed by atoms with E-state index in [1.807, 2.05) is 6.92 Å². The maximum atomic E-state index is 12.9. The van der Waals surface area contributed by atoms with Gasteiger partial charge in [-0.25, -0.2) is 4.68 Å². The summed E-state index contributed by atoms with van der Waals surface area (Å²) in [6, 6.07) is 6.57. The van der Waals surface area contributed by atoms with Crippen molar-refractivity contribution in [2.45, 2.75) is 19.5 Å². The highest BCUT2D eigenvalue weighted by molar-refractivity contribution is 5.76. The largest absolute Gasteiger partial charge is 0.434 e. The molecule has 100 valence electrons. The summed E-state index contributed by atoms with van der Waals surface area (Å²) >= 11 is 0. The van der Waals surface area contributed by atoms with Crippen molar-refractivity contribution >= 4 is 6.29 Å². The fraction of sp³-hybridized carbons (Fsp3) is 0.231. The lowest BCUT2D eigenvalue weighted by molar-refractivity contribution is -0.143. The molecule has 2 aromatic rings. The molecule has 1 heterocycles. The van der Waals surface area contributed by atoms with Crippen LogP contribution in [0.1, 0.15) is 28.5 Å². The molecule has 0 N–H and O–H groups in total. The summed E-state index contributed by atoms with van der Waals surface area (Å²) in [7, 11) is 0. The number of alkyl halides is 3. The van der Waals surface area contributed by atoms with Gasteiger partial charge in [-0.05, 0) is 24.1 Å². The molecule has 0 saturated carbocycles. The fourth-order valence-corrected chi connectivity index (χ4v) is 1.80. The van der Waals surface area contributed by atoms with Crippen molar-refractivity contribution in [3.05, 3.63) is 47.3 Å². The molecule has 19 heavy (non-hydrogen) atoms. The molecule has 2 rings (SSSR count). The Labute approximate surface area is 107 Å². The number of halogens is 3. The van der Waals surface area contributed by atoms with E-state index in [-0.39, 0.29) is 12.0 Å². The average molecular weight is 268 g/mol. The van der Waals surface area contributed by atoms with E-state index in [0.29, 0.717) is 0 Å². The third-order valence-corrected chi connectivity index (χ3v) is 2.78. The van der Waals surface area contributed by atoms with Crippen molar-refractivity contribution in [2.75, 3.05) is 0 Å². The highest BCUT2D eigenvalue weighted by Gasteiger charge is 2.38. The van der Waals surface area contributed by atoms with Crippen LogP contribution in [0.15, 0.2) is 30.5 Å². The Morgan fingerprint density at radius 2 is 1.89 bits per heavy atom. The topological polar surface area (TPSA) is 34.9 Å². The Morgan fingerprint density at radius 3 is 2.37 bits per heavy atom. The molecule has 0 amide bonds. The number of hydrogen-bond acceptors (Lipinski definition) is 2. The van der Waals surface area contributed by atoms with Crippen LogP contribution in [0.2, 0.25) is 0 Å². The lowest BCUT2D eigenvalue weighted by Crippen LogP contribution is -2.15. The summed E-state index contributed by atoms with van der Waals surface area (Å²) in [6.07, 6.45) is -2.75. The number of hydrogen-bond donors (Lipinski definition) is 0. The van der Waals surface area contributed by atoms with Crippen LogP contribution < -0.4 is 0 Å². The monoisotopic (exact) mass is 268 g/mol. The molecule has 0 fully saturated rings. The second kappa shape index (κ2) is 4.87. The van der Waals surface area contributed by atoms with Gasteiger partial charge >= 0.3 is 6.18 Å². The molecule has 0 aliphatic rings. The van der Waals surface area contributed by atoms with Crippen LogP contribution in [0.25, 0.3) is 5.69 Å². The molecule has 0 saturated heterocycles. The molecular formula is C13H11F3N2O. The number of benzene rings is 1. The van der Waals surface area contributed by atoms with E-state index in [2.05, 4.69) is 5.10 Å². The summed E-state index contributed by atoms with van der Waals surface area (Å²) in [5.41, 5.74) is -0.225. The zero-order valence-electron chi connectivity index (χ0n) is 10.1. The lowest BCUT2D eigenvalue weighted by atomic mass is 10.1. The molecule has 0 spiro atoms. The zero-order chi connectivity index (χ0) is 14.0. The normalized spacial score (nSPS) is 11.6. The molecule has 1 aromatic carbocycles. The summed E-state index contributed by atoms with van der Waals surface area (Å²) in [6.45, 7) is 1.95. The predicted molar refractivity (Wildman–Crippen MR) is 63.3 cm³/mol. The van der Waals surface area contributed by atoms with Gasteiger partial charge in [0.05, 0.1) is 17.4 Å². The average Bonchev–Trinajstić information content (AvgIpc) is 2.82. The van der Waals surface area contributed by atoms with Crippen molar-refractivity contribution in [2.24, 2.45) is 0 Å². The number of aryl methyl sites for hydroxylation is 1. The minimum absolute atomic E-state index is 0.159. The Hall–Kier alpha value is -2.11. The molecular weight excluding hydrogens is 257 g/mol. The van der Waals surface area contributed by atoms with Crippen LogP contribution in [-0.4, -0.2) is 16.1 Å². The van der Waals surface area contributed by atoms with E-state index in [1.54, 1.807) is 24.3 Å². The van der Waals surface area contributed by atoms with E-state index in [1.165, 1.54) is 0 Å². The van der Waals surface area contributed by atoms with Crippen molar-refractivity contribution in [1.29, 1.82) is 0 Å². The van der Waals surface area contributed by atoms with Gasteiger partial charge < -0.3 is 0 Å². The first kappa shape index (κ1) is 13.3. The number of carbonyl (C=O) groups is 1. The lowest BCUT2D eigenvalue weighted by Gasteiger charge is -2.11. The number of carbonyl (C=O) groups excluding carboxylic acids is 1. The third kappa shape index (κ3) is 2.52. The first-order chi connectivity index (χ1) is 8.97. The summed E-state index contributed by atoms with van der Waals surface area (Å²) < 4.78 is 39.6. The van der Waals surface area contributed by atoms with Gasteiger partial charge in [0.2, 0.25) is 0 Å². The maximum absolute atomic E-state index is 12.9. The van der Waals surface area contributed by atoms with Gasteiger partial charge in [0.15, 0.2) is 12.0 Å². The van der Waals surface area contributed by atoms with Gasteiger partial charge in [0.1, 0.15) is 0 Å². The van der Waals surface area contributed by atoms with Crippen molar-refractivity contribution in [3.63, 3.8) is 0 Å². The van der Waals surface area contributed by atoms with Crippen molar-refractivity contribution in [1.82, 2.24) is 9.78 Å². The van der Waals surface area contributed by atoms with Gasteiger partial charge in [-0.1, -0.05) is 19.1 Å². The van der Waals surface area contributed by atoms with E-state index in [9.17, 15) is 18.0 Å². The first-order valence-electron chi connectivity index (χ1n) is 5.67. The first-order valence-corrected chi connectivity index (χ1v) is 5.67.